The first-order valence-corrected chi connectivity index (χ1v) is 10.9. The van der Waals surface area contributed by atoms with Crippen LogP contribution >= 0.6 is 11.3 Å². The average molecular weight is 413 g/mol. The van der Waals surface area contributed by atoms with Crippen molar-refractivity contribution in [3.8, 4) is 5.75 Å². The van der Waals surface area contributed by atoms with Crippen molar-refractivity contribution in [3.63, 3.8) is 0 Å². The summed E-state index contributed by atoms with van der Waals surface area (Å²) < 4.78 is 5.83. The number of hydrogen-bond donors (Lipinski definition) is 1. The maximum atomic E-state index is 12.9. The van der Waals surface area contributed by atoms with Crippen molar-refractivity contribution in [2.75, 3.05) is 11.4 Å². The van der Waals surface area contributed by atoms with Crippen LogP contribution in [0.2, 0.25) is 0 Å². The molecule has 2 aliphatic rings. The van der Waals surface area contributed by atoms with Gasteiger partial charge in [0.1, 0.15) is 12.3 Å². The number of carbonyl (C=O) groups is 3. The third-order valence-electron chi connectivity index (χ3n) is 5.46. The SMILES string of the molecule is CCC1Oc2ccc(C(=O)c3cccs3)cc2N(CC(=O)NC2CCCC2)C1=O. The molecule has 7 heteroatoms. The summed E-state index contributed by atoms with van der Waals surface area (Å²) in [4.78, 5) is 40.4. The number of anilines is 1. The van der Waals surface area contributed by atoms with Gasteiger partial charge in [0.2, 0.25) is 11.7 Å². The molecule has 0 bridgehead atoms. The molecule has 1 atom stereocenters. The second-order valence-corrected chi connectivity index (χ2v) is 8.42. The number of benzene rings is 1. The molecule has 6 nitrogen and oxygen atoms in total. The molecule has 4 rings (SSSR count). The minimum Gasteiger partial charge on any atom is -0.478 e. The maximum Gasteiger partial charge on any atom is 0.268 e. The van der Waals surface area contributed by atoms with Gasteiger partial charge in [-0.2, -0.15) is 0 Å². The molecule has 1 saturated carbocycles. The fourth-order valence-corrected chi connectivity index (χ4v) is 4.61. The molecule has 0 radical (unpaired) electrons. The van der Waals surface area contributed by atoms with E-state index in [9.17, 15) is 14.4 Å². The largest absolute Gasteiger partial charge is 0.478 e. The van der Waals surface area contributed by atoms with Crippen LogP contribution in [0.4, 0.5) is 5.69 Å². The molecule has 1 aliphatic heterocycles. The molecule has 1 unspecified atom stereocenters. The summed E-state index contributed by atoms with van der Waals surface area (Å²) in [7, 11) is 0. The Labute approximate surface area is 173 Å². The number of ether oxygens (including phenoxy) is 1. The predicted molar refractivity (Wildman–Crippen MR) is 112 cm³/mol. The van der Waals surface area contributed by atoms with Crippen LogP contribution < -0.4 is 15.0 Å². The highest BCUT2D eigenvalue weighted by atomic mass is 32.1. The third kappa shape index (κ3) is 4.05. The zero-order valence-electron chi connectivity index (χ0n) is 16.3. The Morgan fingerprint density at radius 2 is 2.03 bits per heavy atom. The minimum absolute atomic E-state index is 0.0706. The van der Waals surface area contributed by atoms with Gasteiger partial charge in [-0.05, 0) is 48.9 Å². The van der Waals surface area contributed by atoms with Gasteiger partial charge in [-0.3, -0.25) is 19.3 Å². The highest BCUT2D eigenvalue weighted by molar-refractivity contribution is 7.12. The first-order valence-electron chi connectivity index (χ1n) is 10.1. The molecule has 2 heterocycles. The molecular weight excluding hydrogens is 388 g/mol. The van der Waals surface area contributed by atoms with Crippen LogP contribution in [0.1, 0.15) is 54.3 Å². The van der Waals surface area contributed by atoms with Crippen LogP contribution in [-0.2, 0) is 9.59 Å². The third-order valence-corrected chi connectivity index (χ3v) is 6.33. The van der Waals surface area contributed by atoms with E-state index in [2.05, 4.69) is 5.32 Å². The van der Waals surface area contributed by atoms with E-state index >= 15 is 0 Å². The van der Waals surface area contributed by atoms with E-state index in [1.54, 1.807) is 24.3 Å². The Kier molecular flexibility index (Phi) is 5.67. The number of carbonyl (C=O) groups excluding carboxylic acids is 3. The molecule has 1 N–H and O–H groups in total. The van der Waals surface area contributed by atoms with E-state index in [0.717, 1.165) is 25.7 Å². The van der Waals surface area contributed by atoms with Crippen molar-refractivity contribution in [2.45, 2.75) is 51.2 Å². The van der Waals surface area contributed by atoms with Gasteiger partial charge in [-0.25, -0.2) is 0 Å². The smallest absolute Gasteiger partial charge is 0.268 e. The monoisotopic (exact) mass is 412 g/mol. The van der Waals surface area contributed by atoms with Gasteiger partial charge < -0.3 is 10.1 Å². The van der Waals surface area contributed by atoms with Crippen molar-refractivity contribution in [2.24, 2.45) is 0 Å². The minimum atomic E-state index is -0.624. The van der Waals surface area contributed by atoms with E-state index in [1.165, 1.54) is 16.2 Å². The number of nitrogens with one attached hydrogen (secondary N) is 1. The van der Waals surface area contributed by atoms with Crippen molar-refractivity contribution < 1.29 is 19.1 Å². The lowest BCUT2D eigenvalue weighted by Crippen LogP contribution is -2.50. The number of amides is 2. The average Bonchev–Trinajstić information content (AvgIpc) is 3.43. The Hall–Kier alpha value is -2.67. The predicted octanol–water partition coefficient (Wildman–Crippen LogP) is 3.54. The fourth-order valence-electron chi connectivity index (χ4n) is 3.92. The molecule has 0 saturated heterocycles. The summed E-state index contributed by atoms with van der Waals surface area (Å²) in [6, 6.07) is 8.87. The Balaban J connectivity index is 1.61. The molecule has 29 heavy (non-hydrogen) atoms. The number of hydrogen-bond acceptors (Lipinski definition) is 5. The normalized spacial score (nSPS) is 19.0. The summed E-state index contributed by atoms with van der Waals surface area (Å²) in [5.74, 6) is -0.0127. The maximum absolute atomic E-state index is 12.9. The molecule has 1 aromatic heterocycles. The van der Waals surface area contributed by atoms with Gasteiger partial charge in [0.25, 0.3) is 5.91 Å². The van der Waals surface area contributed by atoms with Crippen molar-refractivity contribution in [3.05, 3.63) is 46.2 Å². The second-order valence-electron chi connectivity index (χ2n) is 7.48. The van der Waals surface area contributed by atoms with Gasteiger partial charge in [-0.1, -0.05) is 25.8 Å². The van der Waals surface area contributed by atoms with Gasteiger partial charge in [0.05, 0.1) is 10.6 Å². The van der Waals surface area contributed by atoms with E-state index in [1.807, 2.05) is 18.4 Å². The van der Waals surface area contributed by atoms with Gasteiger partial charge in [-0.15, -0.1) is 11.3 Å². The number of nitrogens with zero attached hydrogens (tertiary/aromatic N) is 1. The molecule has 152 valence electrons. The molecule has 1 aliphatic carbocycles. The lowest BCUT2D eigenvalue weighted by atomic mass is 10.0. The van der Waals surface area contributed by atoms with E-state index in [4.69, 9.17) is 4.74 Å². The van der Waals surface area contributed by atoms with Crippen molar-refractivity contribution >= 4 is 34.6 Å². The molecule has 0 spiro atoms. The van der Waals surface area contributed by atoms with Gasteiger partial charge in [0.15, 0.2) is 6.10 Å². The summed E-state index contributed by atoms with van der Waals surface area (Å²) in [6.07, 6.45) is 4.09. The zero-order valence-corrected chi connectivity index (χ0v) is 17.2. The topological polar surface area (TPSA) is 75.7 Å². The van der Waals surface area contributed by atoms with Crippen molar-refractivity contribution in [1.82, 2.24) is 5.32 Å². The summed E-state index contributed by atoms with van der Waals surface area (Å²) in [6.45, 7) is 1.80. The summed E-state index contributed by atoms with van der Waals surface area (Å²) >= 11 is 1.37. The van der Waals surface area contributed by atoms with Gasteiger partial charge in [0, 0.05) is 11.6 Å². The van der Waals surface area contributed by atoms with Crippen LogP contribution in [0, 0.1) is 0 Å². The van der Waals surface area contributed by atoms with Crippen LogP contribution in [0.15, 0.2) is 35.7 Å². The first kappa shape index (κ1) is 19.6. The lowest BCUT2D eigenvalue weighted by Gasteiger charge is -2.34. The number of thiophene rings is 1. The number of ketones is 1. The van der Waals surface area contributed by atoms with Crippen molar-refractivity contribution in [1.29, 1.82) is 0 Å². The van der Waals surface area contributed by atoms with Crippen LogP contribution in [0.3, 0.4) is 0 Å². The fraction of sp³-hybridized carbons (Fsp3) is 0.409. The van der Waals surface area contributed by atoms with Crippen LogP contribution in [-0.4, -0.2) is 36.3 Å². The van der Waals surface area contributed by atoms with Crippen LogP contribution in [0.25, 0.3) is 0 Å². The highest BCUT2D eigenvalue weighted by Crippen LogP contribution is 2.36. The molecule has 1 fully saturated rings. The Morgan fingerprint density at radius 1 is 1.24 bits per heavy atom. The Bertz CT molecular complexity index is 919. The quantitative estimate of drug-likeness (QED) is 0.737. The number of rotatable bonds is 6. The second kappa shape index (κ2) is 8.37. The van der Waals surface area contributed by atoms with Gasteiger partial charge >= 0.3 is 0 Å². The highest BCUT2D eigenvalue weighted by Gasteiger charge is 2.35. The summed E-state index contributed by atoms with van der Waals surface area (Å²) in [5, 5.41) is 4.88. The standard InChI is InChI=1S/C22H24N2O4S/c1-2-17-22(27)24(13-20(25)23-15-6-3-4-7-15)16-12-14(9-10-18(16)28-17)21(26)19-8-5-11-29-19/h5,8-12,15,17H,2-4,6-7,13H2,1H3,(H,23,25). The van der Waals surface area contributed by atoms with Crippen LogP contribution in [0.5, 0.6) is 5.75 Å². The lowest BCUT2D eigenvalue weighted by molar-refractivity contribution is -0.129. The van der Waals surface area contributed by atoms with E-state index in [0.29, 0.717) is 28.3 Å². The molecular formula is C22H24N2O4S. The first-order chi connectivity index (χ1) is 14.1. The zero-order chi connectivity index (χ0) is 20.4. The number of fused-ring (bicyclic) bond motifs is 1. The van der Waals surface area contributed by atoms with E-state index in [-0.39, 0.29) is 30.2 Å². The van der Waals surface area contributed by atoms with E-state index < -0.39 is 6.10 Å². The summed E-state index contributed by atoms with van der Waals surface area (Å²) in [5.41, 5.74) is 0.947. The molecule has 2 amide bonds. The molecule has 1 aromatic carbocycles. The molecule has 2 aromatic rings. The Morgan fingerprint density at radius 3 is 2.72 bits per heavy atom.